The zero-order valence-corrected chi connectivity index (χ0v) is 76.9. The van der Waals surface area contributed by atoms with E-state index in [4.69, 9.17) is 0 Å². The van der Waals surface area contributed by atoms with Crippen LogP contribution in [0, 0.1) is 0 Å². The van der Waals surface area contributed by atoms with Crippen molar-refractivity contribution in [3.05, 3.63) is 0 Å². The number of nitrogens with zero attached hydrogens (tertiary/aromatic N) is 2. The predicted octanol–water partition coefficient (Wildman–Crippen LogP) is 32.1. The summed E-state index contributed by atoms with van der Waals surface area (Å²) in [7, 11) is 0. The minimum absolute atomic E-state index is 0. The second kappa shape index (κ2) is 104. The van der Waals surface area contributed by atoms with Crippen LogP contribution in [0.2, 0.25) is 0 Å². The predicted molar refractivity (Wildman–Crippen MR) is 478 cm³/mol. The molecule has 107 heavy (non-hydrogen) atoms. The van der Waals surface area contributed by atoms with E-state index in [1.165, 1.54) is 539 Å². The summed E-state index contributed by atoms with van der Waals surface area (Å²) >= 11 is 0. The van der Waals surface area contributed by atoms with Crippen LogP contribution in [0.5, 0.6) is 0 Å². The molecule has 0 radical (unpaired) electrons. The van der Waals surface area contributed by atoms with Gasteiger partial charge in [0.15, 0.2) is 0 Å². The third-order valence-electron chi connectivity index (χ3n) is 24.0. The molecular formula is C100H200CaN2O4. The fraction of sp³-hybridized carbons (Fsp3) is 0.980. The van der Waals surface area contributed by atoms with E-state index in [2.05, 4.69) is 37.5 Å². The first-order valence-corrected chi connectivity index (χ1v) is 50.2. The topological polar surface area (TPSA) is 86.7 Å². The van der Waals surface area contributed by atoms with Gasteiger partial charge < -0.3 is 19.8 Å². The number of aliphatic carboxylic acids is 2. The van der Waals surface area contributed by atoms with Gasteiger partial charge in [-0.05, 0) is 51.9 Å². The number of carboxylic acid groups (broad SMARTS) is 2. The minimum atomic E-state index is -0.914. The molecule has 0 rings (SSSR count). The standard InChI is InChI=1S/2C50H101NO2.Ca/c2*1-3-5-7-9-11-13-15-17-19-21-23-25-27-29-31-33-35-37-39-41-43-45-47-51(49-50(52)53)48-46-44-42-40-38-36-34-32-30-28-26-24-22-20-18-16-14-12-10-8-6-4-2;/h2*3-49H2,1-2H3,(H,52,53);/q;;+2/p-2. The van der Waals surface area contributed by atoms with E-state index in [9.17, 15) is 19.8 Å². The molecule has 0 aliphatic rings. The SMILES string of the molecule is CCCCCCCCCCCCCCCCCCCCCCCCN(CCCCCCCCCCCCCCCCCCCCCCCC)CC(=O)[O-].CCCCCCCCCCCCCCCCCCCCCCCCN(CCCCCCCCCCCCCCCCCCCCCCCC)CC(=O)[O-].[Ca+2]. The largest absolute Gasteiger partial charge is 2.00 e. The molecule has 0 aromatic heterocycles. The molecule has 0 amide bonds. The zero-order chi connectivity index (χ0) is 76.8. The van der Waals surface area contributed by atoms with Crippen molar-refractivity contribution in [2.75, 3.05) is 39.3 Å². The van der Waals surface area contributed by atoms with Gasteiger partial charge in [0.25, 0.3) is 0 Å². The Labute approximate surface area is 705 Å². The molecule has 0 aliphatic heterocycles. The summed E-state index contributed by atoms with van der Waals surface area (Å²) < 4.78 is 0. The smallest absolute Gasteiger partial charge is 0.549 e. The van der Waals surface area contributed by atoms with Crippen LogP contribution in [0.3, 0.4) is 0 Å². The summed E-state index contributed by atoms with van der Waals surface area (Å²) in [5, 5.41) is 22.6. The Kier molecular flexibility index (Phi) is 108. The minimum Gasteiger partial charge on any atom is -0.549 e. The van der Waals surface area contributed by atoms with E-state index < -0.39 is 11.9 Å². The van der Waals surface area contributed by atoms with Gasteiger partial charge in [-0.25, -0.2) is 0 Å². The third kappa shape index (κ3) is 106. The van der Waals surface area contributed by atoms with Crippen molar-refractivity contribution in [3.8, 4) is 0 Å². The molecule has 6 nitrogen and oxygen atoms in total. The van der Waals surface area contributed by atoms with Gasteiger partial charge in [0.05, 0.1) is 11.9 Å². The van der Waals surface area contributed by atoms with Gasteiger partial charge in [-0.2, -0.15) is 0 Å². The van der Waals surface area contributed by atoms with E-state index in [1.54, 1.807) is 0 Å². The molecule has 0 aliphatic carbocycles. The Balaban J connectivity index is -0.00000200. The van der Waals surface area contributed by atoms with Crippen molar-refractivity contribution in [2.45, 2.75) is 593 Å². The van der Waals surface area contributed by atoms with E-state index in [1.807, 2.05) is 0 Å². The van der Waals surface area contributed by atoms with Crippen LogP contribution in [0.15, 0.2) is 0 Å². The summed E-state index contributed by atoms with van der Waals surface area (Å²) in [6.07, 6.45) is 124. The molecule has 636 valence electrons. The number of carboxylic acids is 2. The van der Waals surface area contributed by atoms with Crippen molar-refractivity contribution in [3.63, 3.8) is 0 Å². The van der Waals surface area contributed by atoms with E-state index in [-0.39, 0.29) is 50.8 Å². The van der Waals surface area contributed by atoms with Crippen LogP contribution in [0.25, 0.3) is 0 Å². The average Bonchev–Trinajstić information content (AvgIpc) is 1.07. The molecule has 7 heteroatoms. The molecule has 0 fully saturated rings. The Hall–Kier alpha value is 0.120. The maximum Gasteiger partial charge on any atom is 2.00 e. The summed E-state index contributed by atoms with van der Waals surface area (Å²) in [6.45, 7) is 13.1. The van der Waals surface area contributed by atoms with Gasteiger partial charge in [-0.3, -0.25) is 9.80 Å². The maximum absolute atomic E-state index is 11.3. The zero-order valence-electron chi connectivity index (χ0n) is 74.7. The number of hydrogen-bond acceptors (Lipinski definition) is 6. The molecular weight excluding hydrogens is 1330 g/mol. The first-order valence-electron chi connectivity index (χ1n) is 50.2. The van der Waals surface area contributed by atoms with Gasteiger partial charge in [0.2, 0.25) is 0 Å². The fourth-order valence-corrected chi connectivity index (χ4v) is 16.7. The first-order chi connectivity index (χ1) is 52.4. The van der Waals surface area contributed by atoms with Gasteiger partial charge >= 0.3 is 37.7 Å². The molecule has 0 heterocycles. The Bertz CT molecular complexity index is 1360. The molecule has 0 N–H and O–H groups in total. The van der Waals surface area contributed by atoms with Crippen molar-refractivity contribution in [2.24, 2.45) is 0 Å². The second-order valence-electron chi connectivity index (χ2n) is 35.0. The van der Waals surface area contributed by atoms with E-state index in [0.717, 1.165) is 51.9 Å². The van der Waals surface area contributed by atoms with Crippen LogP contribution < -0.4 is 10.2 Å². The molecule has 0 saturated carbocycles. The van der Waals surface area contributed by atoms with Gasteiger partial charge in [-0.1, -0.05) is 567 Å². The van der Waals surface area contributed by atoms with E-state index >= 15 is 0 Å². The second-order valence-corrected chi connectivity index (χ2v) is 35.0. The number of carbonyl (C=O) groups is 2. The van der Waals surface area contributed by atoms with Crippen LogP contribution in [-0.2, 0) is 9.59 Å². The molecule has 0 spiro atoms. The first kappa shape index (κ1) is 111. The Morgan fingerprint density at radius 1 is 0.150 bits per heavy atom. The third-order valence-corrected chi connectivity index (χ3v) is 24.0. The number of unbranched alkanes of at least 4 members (excludes halogenated alkanes) is 84. The Morgan fingerprint density at radius 3 is 0.299 bits per heavy atom. The molecule has 0 unspecified atom stereocenters. The average molecular weight is 1530 g/mol. The quantitative estimate of drug-likeness (QED) is 0.0445. The summed E-state index contributed by atoms with van der Waals surface area (Å²) in [5.74, 6) is -1.83. The van der Waals surface area contributed by atoms with E-state index in [0.29, 0.717) is 0 Å². The Morgan fingerprint density at radius 2 is 0.224 bits per heavy atom. The monoisotopic (exact) mass is 1530 g/mol. The molecule has 0 aromatic rings. The number of rotatable bonds is 96. The summed E-state index contributed by atoms with van der Waals surface area (Å²) in [4.78, 5) is 26.9. The van der Waals surface area contributed by atoms with Crippen molar-refractivity contribution in [1.29, 1.82) is 0 Å². The summed E-state index contributed by atoms with van der Waals surface area (Å²) in [5.41, 5.74) is 0. The van der Waals surface area contributed by atoms with Crippen molar-refractivity contribution in [1.82, 2.24) is 9.80 Å². The van der Waals surface area contributed by atoms with Gasteiger partial charge in [0, 0.05) is 13.1 Å². The van der Waals surface area contributed by atoms with Crippen molar-refractivity contribution < 1.29 is 19.8 Å². The number of carbonyl (C=O) groups excluding carboxylic acids is 2. The van der Waals surface area contributed by atoms with Gasteiger partial charge in [0.1, 0.15) is 0 Å². The molecule has 0 saturated heterocycles. The van der Waals surface area contributed by atoms with Crippen LogP contribution in [0.4, 0.5) is 0 Å². The summed E-state index contributed by atoms with van der Waals surface area (Å²) in [6, 6.07) is 0. The van der Waals surface area contributed by atoms with Crippen LogP contribution in [-0.4, -0.2) is 98.7 Å². The molecule has 0 atom stereocenters. The maximum atomic E-state index is 11.3. The van der Waals surface area contributed by atoms with Crippen LogP contribution >= 0.6 is 0 Å². The van der Waals surface area contributed by atoms with Crippen molar-refractivity contribution >= 4 is 49.7 Å². The molecule has 0 aromatic carbocycles. The van der Waals surface area contributed by atoms with Gasteiger partial charge in [-0.15, -0.1) is 0 Å². The normalized spacial score (nSPS) is 11.6. The van der Waals surface area contributed by atoms with Crippen LogP contribution in [0.1, 0.15) is 593 Å². The number of hydrogen-bond donors (Lipinski definition) is 0. The fourth-order valence-electron chi connectivity index (χ4n) is 16.7. The molecule has 0 bridgehead atoms.